The molecule has 4 rings (SSSR count). The van der Waals surface area contributed by atoms with E-state index in [1.54, 1.807) is 4.90 Å². The molecule has 0 bridgehead atoms. The molecule has 0 aromatic heterocycles. The van der Waals surface area contributed by atoms with Crippen LogP contribution in [0.3, 0.4) is 0 Å². The van der Waals surface area contributed by atoms with Gasteiger partial charge in [0.1, 0.15) is 12.1 Å². The first-order chi connectivity index (χ1) is 19.5. The van der Waals surface area contributed by atoms with Gasteiger partial charge in [-0.3, -0.25) is 19.2 Å². The maximum absolute atomic E-state index is 13.4. The van der Waals surface area contributed by atoms with E-state index in [1.165, 1.54) is 0 Å². The molecule has 3 N–H and O–H groups in total. The molecule has 2 aliphatic rings. The van der Waals surface area contributed by atoms with Crippen molar-refractivity contribution in [3.8, 4) is 0 Å². The molecule has 2 aromatic rings. The Kier molecular flexibility index (Phi) is 11.3. The Balaban J connectivity index is 1.46. The molecule has 216 valence electrons. The summed E-state index contributed by atoms with van der Waals surface area (Å²) in [6, 6.07) is 11.9. The average Bonchev–Trinajstić information content (AvgIpc) is 3.50. The number of benzene rings is 2. The third kappa shape index (κ3) is 8.78. The number of hydrogen-bond acceptors (Lipinski definition) is 5. The molecule has 2 aromatic carbocycles. The Morgan fingerprint density at radius 3 is 2.42 bits per heavy atom. The fraction of sp³-hybridized carbons (Fsp3) is 0.548. The highest BCUT2D eigenvalue weighted by Gasteiger charge is 2.30. The third-order valence-corrected chi connectivity index (χ3v) is 7.68. The molecule has 2 fully saturated rings. The highest BCUT2D eigenvalue weighted by molar-refractivity contribution is 5.95. The molecular formula is C31H42N4O5. The Bertz CT molecular complexity index is 1160. The molecule has 0 unspecified atom stereocenters. The number of nitrogens with one attached hydrogen (secondary N) is 3. The zero-order chi connectivity index (χ0) is 28.2. The van der Waals surface area contributed by atoms with Gasteiger partial charge in [0.2, 0.25) is 23.6 Å². The molecule has 0 saturated carbocycles. The van der Waals surface area contributed by atoms with Crippen LogP contribution in [-0.4, -0.2) is 66.9 Å². The van der Waals surface area contributed by atoms with Crippen molar-refractivity contribution in [1.82, 2.24) is 20.9 Å². The number of carbonyl (C=O) groups is 4. The van der Waals surface area contributed by atoms with Crippen molar-refractivity contribution in [2.45, 2.75) is 82.8 Å². The molecule has 2 atom stereocenters. The average molecular weight is 551 g/mol. The molecule has 40 heavy (non-hydrogen) atoms. The van der Waals surface area contributed by atoms with E-state index in [1.807, 2.05) is 42.5 Å². The number of ether oxygens (including phenoxy) is 1. The molecule has 0 radical (unpaired) electrons. The van der Waals surface area contributed by atoms with E-state index in [0.717, 1.165) is 67.7 Å². The maximum Gasteiger partial charge on any atom is 0.245 e. The monoisotopic (exact) mass is 550 g/mol. The third-order valence-electron chi connectivity index (χ3n) is 7.68. The summed E-state index contributed by atoms with van der Waals surface area (Å²) in [5.74, 6) is -1.35. The second kappa shape index (κ2) is 15.4. The molecule has 9 nitrogen and oxygen atoms in total. The minimum absolute atomic E-state index is 0.00779. The first-order valence-electron chi connectivity index (χ1n) is 14.7. The fourth-order valence-electron chi connectivity index (χ4n) is 5.35. The summed E-state index contributed by atoms with van der Waals surface area (Å²) in [6.45, 7) is 2.12. The van der Waals surface area contributed by atoms with Crippen LogP contribution in [0.25, 0.3) is 10.8 Å². The van der Waals surface area contributed by atoms with Crippen molar-refractivity contribution < 1.29 is 23.9 Å². The van der Waals surface area contributed by atoms with Gasteiger partial charge in [0.05, 0.1) is 13.0 Å². The van der Waals surface area contributed by atoms with Crippen molar-refractivity contribution in [3.05, 3.63) is 48.0 Å². The van der Waals surface area contributed by atoms with Crippen molar-refractivity contribution >= 4 is 34.4 Å². The number of carbonyl (C=O) groups excluding carboxylic acids is 4. The highest BCUT2D eigenvalue weighted by atomic mass is 16.5. The number of likely N-dealkylation sites (tertiary alicyclic amines) is 1. The van der Waals surface area contributed by atoms with Gasteiger partial charge in [-0.25, -0.2) is 0 Å². The SMILES string of the molecule is O=C1CCCCCCCCOC[C@@H](C(=O)NCc2cccc3ccccc23)NC(=O)[C@H](CC(=O)N2CCCC2)N1. The van der Waals surface area contributed by atoms with Gasteiger partial charge >= 0.3 is 0 Å². The van der Waals surface area contributed by atoms with Crippen LogP contribution < -0.4 is 16.0 Å². The Morgan fingerprint density at radius 1 is 0.875 bits per heavy atom. The smallest absolute Gasteiger partial charge is 0.245 e. The van der Waals surface area contributed by atoms with Crippen LogP contribution in [0.1, 0.15) is 69.8 Å². The number of rotatable bonds is 5. The Labute approximate surface area is 236 Å². The highest BCUT2D eigenvalue weighted by Crippen LogP contribution is 2.18. The van der Waals surface area contributed by atoms with Gasteiger partial charge in [0.15, 0.2) is 0 Å². The first kappa shape index (κ1) is 29.5. The predicted octanol–water partition coefficient (Wildman–Crippen LogP) is 3.20. The van der Waals surface area contributed by atoms with E-state index in [0.29, 0.717) is 32.7 Å². The van der Waals surface area contributed by atoms with Gasteiger partial charge in [-0.1, -0.05) is 68.1 Å². The van der Waals surface area contributed by atoms with Crippen LogP contribution in [0, 0.1) is 0 Å². The number of amides is 4. The second-order valence-electron chi connectivity index (χ2n) is 10.8. The lowest BCUT2D eigenvalue weighted by Gasteiger charge is -2.25. The molecule has 4 amide bonds. The Morgan fingerprint density at radius 2 is 1.60 bits per heavy atom. The van der Waals surface area contributed by atoms with Crippen molar-refractivity contribution in [3.63, 3.8) is 0 Å². The predicted molar refractivity (Wildman–Crippen MR) is 153 cm³/mol. The van der Waals surface area contributed by atoms with Crippen molar-refractivity contribution in [2.24, 2.45) is 0 Å². The topological polar surface area (TPSA) is 117 Å². The van der Waals surface area contributed by atoms with Gasteiger partial charge < -0.3 is 25.6 Å². The van der Waals surface area contributed by atoms with Crippen molar-refractivity contribution in [1.29, 1.82) is 0 Å². The second-order valence-corrected chi connectivity index (χ2v) is 10.8. The fourth-order valence-corrected chi connectivity index (χ4v) is 5.35. The zero-order valence-electron chi connectivity index (χ0n) is 23.3. The molecule has 2 heterocycles. The van der Waals surface area contributed by atoms with Gasteiger partial charge in [-0.15, -0.1) is 0 Å². The van der Waals surface area contributed by atoms with Crippen molar-refractivity contribution in [2.75, 3.05) is 26.3 Å². The molecule has 0 spiro atoms. The van der Waals surface area contributed by atoms with Gasteiger partial charge in [0, 0.05) is 32.7 Å². The number of nitrogens with zero attached hydrogens (tertiary/aromatic N) is 1. The summed E-state index contributed by atoms with van der Waals surface area (Å²) in [5.41, 5.74) is 0.966. The minimum Gasteiger partial charge on any atom is -0.379 e. The molecule has 9 heteroatoms. The lowest BCUT2D eigenvalue weighted by Crippen LogP contribution is -2.56. The van der Waals surface area contributed by atoms with E-state index in [-0.39, 0.29) is 30.7 Å². The molecular weight excluding hydrogens is 508 g/mol. The first-order valence-corrected chi connectivity index (χ1v) is 14.7. The summed E-state index contributed by atoms with van der Waals surface area (Å²) in [7, 11) is 0. The number of fused-ring (bicyclic) bond motifs is 1. The van der Waals surface area contributed by atoms with E-state index >= 15 is 0 Å². The van der Waals surface area contributed by atoms with Crippen LogP contribution >= 0.6 is 0 Å². The maximum atomic E-state index is 13.4. The summed E-state index contributed by atoms with van der Waals surface area (Å²) >= 11 is 0. The van der Waals surface area contributed by atoms with E-state index in [2.05, 4.69) is 16.0 Å². The van der Waals surface area contributed by atoms with Crippen LogP contribution in [0.5, 0.6) is 0 Å². The minimum atomic E-state index is -1.05. The van der Waals surface area contributed by atoms with Gasteiger partial charge in [-0.2, -0.15) is 0 Å². The van der Waals surface area contributed by atoms with Crippen LogP contribution in [0.4, 0.5) is 0 Å². The molecule has 2 saturated heterocycles. The Hall–Kier alpha value is -3.46. The van der Waals surface area contributed by atoms with E-state index in [9.17, 15) is 19.2 Å². The molecule has 0 aliphatic carbocycles. The zero-order valence-corrected chi connectivity index (χ0v) is 23.3. The molecule has 2 aliphatic heterocycles. The quantitative estimate of drug-likeness (QED) is 0.529. The summed E-state index contributed by atoms with van der Waals surface area (Å²) < 4.78 is 5.82. The number of hydrogen-bond donors (Lipinski definition) is 3. The largest absolute Gasteiger partial charge is 0.379 e. The van der Waals surface area contributed by atoms with Gasteiger partial charge in [-0.05, 0) is 42.0 Å². The van der Waals surface area contributed by atoms with Crippen LogP contribution in [0.2, 0.25) is 0 Å². The van der Waals surface area contributed by atoms with Crippen LogP contribution in [-0.2, 0) is 30.5 Å². The lowest BCUT2D eigenvalue weighted by atomic mass is 10.0. The van der Waals surface area contributed by atoms with E-state index < -0.39 is 18.0 Å². The summed E-state index contributed by atoms with van der Waals surface area (Å²) in [5, 5.41) is 10.6. The van der Waals surface area contributed by atoms with Crippen LogP contribution in [0.15, 0.2) is 42.5 Å². The lowest BCUT2D eigenvalue weighted by molar-refractivity contribution is -0.137. The summed E-state index contributed by atoms with van der Waals surface area (Å²) in [6.07, 6.45) is 7.68. The summed E-state index contributed by atoms with van der Waals surface area (Å²) in [4.78, 5) is 54.1. The van der Waals surface area contributed by atoms with Gasteiger partial charge in [0.25, 0.3) is 0 Å². The standard InChI is InChI=1S/C31H42N4O5/c36-28-16-5-3-1-2-4-10-19-40-22-27(34-31(39)26(33-28)20-29(37)35-17-8-9-18-35)30(38)32-21-24-14-11-13-23-12-6-7-15-25(23)24/h6-7,11-15,26-27H,1-5,8-10,16-22H2,(H,32,38)(H,33,36)(H,34,39)/t26-,27-/m0/s1. The van der Waals surface area contributed by atoms with E-state index in [4.69, 9.17) is 4.74 Å². The normalized spacial score (nSPS) is 21.9.